The molecule has 0 radical (unpaired) electrons. The molecule has 1 unspecified atom stereocenters. The van der Waals surface area contributed by atoms with Crippen molar-refractivity contribution in [3.05, 3.63) is 33.0 Å². The number of hydrogen-bond acceptors (Lipinski definition) is 2. The monoisotopic (exact) mass is 295 g/mol. The highest BCUT2D eigenvalue weighted by Gasteiger charge is 2.20. The smallest absolute Gasteiger partial charge is 0.312 e. The molecule has 0 bridgehead atoms. The van der Waals surface area contributed by atoms with Gasteiger partial charge in [-0.05, 0) is 33.6 Å². The van der Waals surface area contributed by atoms with Gasteiger partial charge in [0.2, 0.25) is 0 Å². The fourth-order valence-electron chi connectivity index (χ4n) is 1.16. The Morgan fingerprint density at radius 1 is 1.67 bits per heavy atom. The molecule has 0 aliphatic carbocycles. The van der Waals surface area contributed by atoms with Gasteiger partial charge in [0.25, 0.3) is 0 Å². The van der Waals surface area contributed by atoms with E-state index in [9.17, 15) is 9.18 Å². The number of aliphatic carboxylic acids is 1. The van der Waals surface area contributed by atoms with Gasteiger partial charge in [-0.2, -0.15) is 0 Å². The van der Waals surface area contributed by atoms with Gasteiger partial charge in [-0.25, -0.2) is 4.39 Å². The fourth-order valence-corrected chi connectivity index (χ4v) is 1.72. The number of carboxylic acid groups (broad SMARTS) is 1. The van der Waals surface area contributed by atoms with E-state index in [1.54, 1.807) is 0 Å². The maximum absolute atomic E-state index is 13.2. The van der Waals surface area contributed by atoms with Gasteiger partial charge in [0.05, 0.1) is 10.9 Å². The van der Waals surface area contributed by atoms with Crippen LogP contribution in [-0.4, -0.2) is 17.6 Å². The molecule has 0 aromatic heterocycles. The Bertz CT molecular complexity index is 377. The van der Waals surface area contributed by atoms with Gasteiger partial charge in [-0.15, -0.1) is 0 Å². The molecule has 6 heteroatoms. The van der Waals surface area contributed by atoms with E-state index in [1.807, 2.05) is 0 Å². The molecule has 0 heterocycles. The number of benzene rings is 1. The van der Waals surface area contributed by atoms with Gasteiger partial charge in [0.15, 0.2) is 0 Å². The van der Waals surface area contributed by atoms with Crippen LogP contribution in [-0.2, 0) is 4.79 Å². The second kappa shape index (κ2) is 4.92. The molecule has 1 rings (SSSR count). The lowest BCUT2D eigenvalue weighted by atomic mass is 9.99. The number of carboxylic acids is 1. The lowest BCUT2D eigenvalue weighted by Crippen LogP contribution is -2.21. The van der Waals surface area contributed by atoms with Crippen LogP contribution >= 0.6 is 27.5 Å². The molecule has 0 saturated carbocycles. The van der Waals surface area contributed by atoms with Crippen LogP contribution in [0.25, 0.3) is 0 Å². The quantitative estimate of drug-likeness (QED) is 0.842. The summed E-state index contributed by atoms with van der Waals surface area (Å²) in [6.07, 6.45) is 0. The van der Waals surface area contributed by atoms with Gasteiger partial charge in [0.1, 0.15) is 5.82 Å². The van der Waals surface area contributed by atoms with Crippen LogP contribution in [0.5, 0.6) is 0 Å². The normalized spacial score (nSPS) is 12.5. The van der Waals surface area contributed by atoms with Crippen LogP contribution in [0.3, 0.4) is 0 Å². The van der Waals surface area contributed by atoms with Crippen LogP contribution in [0.4, 0.5) is 4.39 Å². The zero-order valence-corrected chi connectivity index (χ0v) is 9.85. The Morgan fingerprint density at radius 3 is 2.67 bits per heavy atom. The van der Waals surface area contributed by atoms with Crippen molar-refractivity contribution in [2.24, 2.45) is 5.73 Å². The highest BCUT2D eigenvalue weighted by Crippen LogP contribution is 2.29. The second-order valence-electron chi connectivity index (χ2n) is 2.93. The molecular weight excluding hydrogens is 288 g/mol. The predicted octanol–water partition coefficient (Wildman–Crippen LogP) is 2.37. The predicted molar refractivity (Wildman–Crippen MR) is 58.5 cm³/mol. The summed E-state index contributed by atoms with van der Waals surface area (Å²) in [4.78, 5) is 10.8. The zero-order valence-electron chi connectivity index (χ0n) is 7.51. The Hall–Kier alpha value is -0.650. The van der Waals surface area contributed by atoms with E-state index in [1.165, 1.54) is 6.07 Å². The molecule has 3 N–H and O–H groups in total. The summed E-state index contributed by atoms with van der Waals surface area (Å²) in [7, 11) is 0. The molecule has 0 aliphatic rings. The molecule has 1 aromatic rings. The van der Waals surface area contributed by atoms with Gasteiger partial charge in [-0.1, -0.05) is 11.6 Å². The van der Waals surface area contributed by atoms with E-state index in [0.717, 1.165) is 6.07 Å². The molecular formula is C9H8BrClFNO2. The van der Waals surface area contributed by atoms with Crippen molar-refractivity contribution in [2.45, 2.75) is 5.92 Å². The molecule has 0 amide bonds. The lowest BCUT2D eigenvalue weighted by Gasteiger charge is -2.11. The van der Waals surface area contributed by atoms with Gasteiger partial charge in [-0.3, -0.25) is 4.79 Å². The van der Waals surface area contributed by atoms with Crippen molar-refractivity contribution >= 4 is 33.5 Å². The third kappa shape index (κ3) is 2.68. The van der Waals surface area contributed by atoms with Gasteiger partial charge < -0.3 is 10.8 Å². The standard InChI is InChI=1S/C9H8BrClFNO2/c10-6-1-4(2-7(12)8(6)11)5(3-13)9(14)15/h1-2,5H,3,13H2,(H,14,15). The average Bonchev–Trinajstić information content (AvgIpc) is 2.14. The van der Waals surface area contributed by atoms with E-state index >= 15 is 0 Å². The Balaban J connectivity index is 3.20. The minimum Gasteiger partial charge on any atom is -0.481 e. The van der Waals surface area contributed by atoms with Crippen molar-refractivity contribution < 1.29 is 14.3 Å². The first-order chi connectivity index (χ1) is 6.97. The van der Waals surface area contributed by atoms with Gasteiger partial charge >= 0.3 is 5.97 Å². The molecule has 1 aromatic carbocycles. The van der Waals surface area contributed by atoms with E-state index in [0.29, 0.717) is 10.0 Å². The zero-order chi connectivity index (χ0) is 11.6. The first-order valence-corrected chi connectivity index (χ1v) is 5.21. The average molecular weight is 297 g/mol. The summed E-state index contributed by atoms with van der Waals surface area (Å²) < 4.78 is 13.5. The van der Waals surface area contributed by atoms with E-state index in [4.69, 9.17) is 22.4 Å². The Labute approximate surface area is 99.2 Å². The molecule has 3 nitrogen and oxygen atoms in total. The summed E-state index contributed by atoms with van der Waals surface area (Å²) in [6, 6.07) is 2.54. The molecule has 82 valence electrons. The number of carbonyl (C=O) groups is 1. The maximum atomic E-state index is 13.2. The largest absolute Gasteiger partial charge is 0.481 e. The van der Waals surface area contributed by atoms with Crippen molar-refractivity contribution in [1.82, 2.24) is 0 Å². The molecule has 0 saturated heterocycles. The summed E-state index contributed by atoms with van der Waals surface area (Å²) in [6.45, 7) is -0.0944. The van der Waals surface area contributed by atoms with Crippen molar-refractivity contribution in [3.8, 4) is 0 Å². The Morgan fingerprint density at radius 2 is 2.27 bits per heavy atom. The van der Waals surface area contributed by atoms with E-state index in [-0.39, 0.29) is 11.6 Å². The fraction of sp³-hybridized carbons (Fsp3) is 0.222. The minimum absolute atomic E-state index is 0.0695. The summed E-state index contributed by atoms with van der Waals surface area (Å²) in [5, 5.41) is 8.76. The highest BCUT2D eigenvalue weighted by molar-refractivity contribution is 9.10. The second-order valence-corrected chi connectivity index (χ2v) is 4.16. The van der Waals surface area contributed by atoms with Crippen LogP contribution in [0.2, 0.25) is 5.02 Å². The molecule has 1 atom stereocenters. The number of hydrogen-bond donors (Lipinski definition) is 2. The highest BCUT2D eigenvalue weighted by atomic mass is 79.9. The van der Waals surface area contributed by atoms with Gasteiger partial charge in [0, 0.05) is 11.0 Å². The lowest BCUT2D eigenvalue weighted by molar-refractivity contribution is -0.138. The maximum Gasteiger partial charge on any atom is 0.312 e. The van der Waals surface area contributed by atoms with Crippen molar-refractivity contribution in [1.29, 1.82) is 0 Å². The van der Waals surface area contributed by atoms with Crippen molar-refractivity contribution in [2.75, 3.05) is 6.54 Å². The SMILES string of the molecule is NCC(C(=O)O)c1cc(F)c(Cl)c(Br)c1. The van der Waals surface area contributed by atoms with Crippen LogP contribution < -0.4 is 5.73 Å². The topological polar surface area (TPSA) is 63.3 Å². The molecule has 0 spiro atoms. The van der Waals surface area contributed by atoms with Crippen molar-refractivity contribution in [3.63, 3.8) is 0 Å². The third-order valence-electron chi connectivity index (χ3n) is 1.94. The Kier molecular flexibility index (Phi) is 4.07. The van der Waals surface area contributed by atoms with E-state index in [2.05, 4.69) is 15.9 Å². The van der Waals surface area contributed by atoms with Crippen LogP contribution in [0, 0.1) is 5.82 Å². The summed E-state index contributed by atoms with van der Waals surface area (Å²) >= 11 is 8.61. The summed E-state index contributed by atoms with van der Waals surface area (Å²) in [5.41, 5.74) is 5.58. The van der Waals surface area contributed by atoms with E-state index < -0.39 is 17.7 Å². The van der Waals surface area contributed by atoms with Crippen LogP contribution in [0.1, 0.15) is 11.5 Å². The number of nitrogens with two attached hydrogens (primary N) is 1. The number of halogens is 3. The third-order valence-corrected chi connectivity index (χ3v) is 3.18. The number of rotatable bonds is 3. The minimum atomic E-state index is -1.09. The molecule has 15 heavy (non-hydrogen) atoms. The first-order valence-electron chi connectivity index (χ1n) is 4.04. The summed E-state index contributed by atoms with van der Waals surface area (Å²) in [5.74, 6) is -2.68. The molecule has 0 aliphatic heterocycles. The molecule has 0 fully saturated rings. The van der Waals surface area contributed by atoms with Crippen LogP contribution in [0.15, 0.2) is 16.6 Å². The first kappa shape index (κ1) is 12.4.